The summed E-state index contributed by atoms with van der Waals surface area (Å²) >= 11 is 0. The van der Waals surface area contributed by atoms with Crippen LogP contribution < -0.4 is 5.48 Å². The zero-order valence-electron chi connectivity index (χ0n) is 7.59. The molecule has 0 amide bonds. The average molecular weight is 169 g/mol. The van der Waals surface area contributed by atoms with E-state index in [1.165, 1.54) is 0 Å². The van der Waals surface area contributed by atoms with Crippen molar-refractivity contribution in [3.05, 3.63) is 0 Å². The van der Waals surface area contributed by atoms with Gasteiger partial charge < -0.3 is 4.74 Å². The first-order valence-electron chi connectivity index (χ1n) is 4.05. The smallest absolute Gasteiger partial charge is 0.128 e. The van der Waals surface area contributed by atoms with E-state index in [9.17, 15) is 0 Å². The van der Waals surface area contributed by atoms with Crippen LogP contribution in [0.3, 0.4) is 0 Å². The Balaban J connectivity index is 2.28. The van der Waals surface area contributed by atoms with Gasteiger partial charge in [0.15, 0.2) is 0 Å². The zero-order valence-corrected chi connectivity index (χ0v) is 7.59. The molecule has 0 aromatic carbocycles. The molecule has 1 rings (SSSR count). The number of hydrogen-bond acceptors (Lipinski definition) is 3. The fourth-order valence-electron chi connectivity index (χ4n) is 1.14. The lowest BCUT2D eigenvalue weighted by molar-refractivity contribution is 0.0161. The quantitative estimate of drug-likeness (QED) is 0.380. The van der Waals surface area contributed by atoms with Gasteiger partial charge in [0, 0.05) is 5.41 Å². The Bertz CT molecular complexity index is 183. The van der Waals surface area contributed by atoms with Gasteiger partial charge in [-0.15, -0.1) is 6.42 Å². The molecule has 0 aromatic rings. The molecular formula is C9H15NO2. The number of rotatable bonds is 3. The summed E-state index contributed by atoms with van der Waals surface area (Å²) in [6.07, 6.45) is 5.03. The van der Waals surface area contributed by atoms with Crippen molar-refractivity contribution in [1.82, 2.24) is 5.48 Å². The van der Waals surface area contributed by atoms with E-state index in [-0.39, 0.29) is 11.5 Å². The lowest BCUT2D eigenvalue weighted by Gasteiger charge is -2.24. The van der Waals surface area contributed by atoms with Crippen molar-refractivity contribution >= 4 is 0 Å². The van der Waals surface area contributed by atoms with Crippen molar-refractivity contribution in [3.8, 4) is 12.3 Å². The predicted octanol–water partition coefficient (Wildman–Crippen LogP) is 0.566. The van der Waals surface area contributed by atoms with Crippen molar-refractivity contribution in [2.24, 2.45) is 5.41 Å². The summed E-state index contributed by atoms with van der Waals surface area (Å²) in [6.45, 7) is 6.03. The van der Waals surface area contributed by atoms with Gasteiger partial charge in [-0.1, -0.05) is 19.8 Å². The lowest BCUT2D eigenvalue weighted by atomic mass is 9.89. The Morgan fingerprint density at radius 1 is 1.75 bits per heavy atom. The van der Waals surface area contributed by atoms with Gasteiger partial charge in [0.1, 0.15) is 6.61 Å². The molecule has 68 valence electrons. The molecule has 0 radical (unpaired) electrons. The third-order valence-electron chi connectivity index (χ3n) is 2.08. The molecule has 1 saturated heterocycles. The topological polar surface area (TPSA) is 30.5 Å². The standard InChI is InChI=1S/C9H15NO2/c1-4-5-12-10-8-6-11-7-9(8,2)3/h1,8,10H,5-7H2,2-3H3. The van der Waals surface area contributed by atoms with Gasteiger partial charge in [-0.3, -0.25) is 4.84 Å². The van der Waals surface area contributed by atoms with Crippen LogP contribution in [0.1, 0.15) is 13.8 Å². The molecule has 12 heavy (non-hydrogen) atoms. The minimum Gasteiger partial charge on any atom is -0.379 e. The van der Waals surface area contributed by atoms with Crippen molar-refractivity contribution < 1.29 is 9.57 Å². The van der Waals surface area contributed by atoms with Gasteiger partial charge in [-0.05, 0) is 0 Å². The molecule has 0 spiro atoms. The van der Waals surface area contributed by atoms with Crippen LogP contribution in [0.25, 0.3) is 0 Å². The number of hydrogen-bond donors (Lipinski definition) is 1. The summed E-state index contributed by atoms with van der Waals surface area (Å²) < 4.78 is 5.31. The van der Waals surface area contributed by atoms with Gasteiger partial charge >= 0.3 is 0 Å². The third kappa shape index (κ3) is 2.21. The van der Waals surface area contributed by atoms with Crippen LogP contribution in [0.4, 0.5) is 0 Å². The summed E-state index contributed by atoms with van der Waals surface area (Å²) in [5, 5.41) is 0. The lowest BCUT2D eigenvalue weighted by Crippen LogP contribution is -2.40. The van der Waals surface area contributed by atoms with Crippen LogP contribution in [0.5, 0.6) is 0 Å². The second-order valence-electron chi connectivity index (χ2n) is 3.67. The number of hydroxylamine groups is 1. The first kappa shape index (κ1) is 9.53. The van der Waals surface area contributed by atoms with Crippen molar-refractivity contribution in [2.45, 2.75) is 19.9 Å². The zero-order chi connectivity index (χ0) is 9.03. The summed E-state index contributed by atoms with van der Waals surface area (Å²) in [6, 6.07) is 0.242. The molecule has 3 heteroatoms. The first-order chi connectivity index (χ1) is 5.67. The fraction of sp³-hybridized carbons (Fsp3) is 0.778. The Morgan fingerprint density at radius 2 is 2.50 bits per heavy atom. The van der Waals surface area contributed by atoms with E-state index in [2.05, 4.69) is 25.2 Å². The molecule has 0 bridgehead atoms. The highest BCUT2D eigenvalue weighted by Crippen LogP contribution is 2.26. The van der Waals surface area contributed by atoms with E-state index >= 15 is 0 Å². The van der Waals surface area contributed by atoms with E-state index in [1.54, 1.807) is 0 Å². The largest absolute Gasteiger partial charge is 0.379 e. The highest BCUT2D eigenvalue weighted by Gasteiger charge is 2.35. The summed E-state index contributed by atoms with van der Waals surface area (Å²) in [5.41, 5.74) is 3.04. The highest BCUT2D eigenvalue weighted by molar-refractivity contribution is 4.87. The molecular weight excluding hydrogens is 154 g/mol. The summed E-state index contributed by atoms with van der Waals surface area (Å²) in [7, 11) is 0. The van der Waals surface area contributed by atoms with Crippen LogP contribution >= 0.6 is 0 Å². The fourth-order valence-corrected chi connectivity index (χ4v) is 1.14. The Labute approximate surface area is 73.4 Å². The number of nitrogens with one attached hydrogen (secondary N) is 1. The maximum Gasteiger partial charge on any atom is 0.128 e. The van der Waals surface area contributed by atoms with Gasteiger partial charge in [0.2, 0.25) is 0 Å². The van der Waals surface area contributed by atoms with Gasteiger partial charge in [-0.25, -0.2) is 0 Å². The second kappa shape index (κ2) is 3.90. The van der Waals surface area contributed by atoms with Gasteiger partial charge in [0.05, 0.1) is 19.3 Å². The van der Waals surface area contributed by atoms with E-state index in [0.29, 0.717) is 13.2 Å². The molecule has 0 saturated carbocycles. The van der Waals surface area contributed by atoms with Crippen LogP contribution in [0, 0.1) is 17.8 Å². The van der Waals surface area contributed by atoms with Crippen LogP contribution in [0.15, 0.2) is 0 Å². The minimum atomic E-state index is 0.134. The molecule has 1 aliphatic rings. The molecule has 1 N–H and O–H groups in total. The monoisotopic (exact) mass is 169 g/mol. The van der Waals surface area contributed by atoms with E-state index in [4.69, 9.17) is 16.0 Å². The number of ether oxygens (including phenoxy) is 1. The summed E-state index contributed by atoms with van der Waals surface area (Å²) in [5.74, 6) is 2.39. The second-order valence-corrected chi connectivity index (χ2v) is 3.67. The number of terminal acetylenes is 1. The van der Waals surface area contributed by atoms with Crippen molar-refractivity contribution in [1.29, 1.82) is 0 Å². The van der Waals surface area contributed by atoms with Crippen LogP contribution in [-0.2, 0) is 9.57 Å². The average Bonchev–Trinajstić information content (AvgIpc) is 2.32. The molecule has 0 aromatic heterocycles. The van der Waals surface area contributed by atoms with E-state index in [1.807, 2.05) is 0 Å². The first-order valence-corrected chi connectivity index (χ1v) is 4.05. The molecule has 1 unspecified atom stereocenters. The Morgan fingerprint density at radius 3 is 3.00 bits per heavy atom. The Hall–Kier alpha value is -0.560. The van der Waals surface area contributed by atoms with Gasteiger partial charge in [0.25, 0.3) is 0 Å². The normalized spacial score (nSPS) is 26.9. The molecule has 0 aliphatic carbocycles. The summed E-state index contributed by atoms with van der Waals surface area (Å²) in [4.78, 5) is 5.04. The van der Waals surface area contributed by atoms with Crippen LogP contribution in [-0.4, -0.2) is 25.9 Å². The molecule has 1 aliphatic heterocycles. The van der Waals surface area contributed by atoms with E-state index < -0.39 is 0 Å². The molecule has 1 fully saturated rings. The maximum atomic E-state index is 5.31. The van der Waals surface area contributed by atoms with Gasteiger partial charge in [-0.2, -0.15) is 5.48 Å². The predicted molar refractivity (Wildman–Crippen MR) is 46.3 cm³/mol. The Kier molecular flexibility index (Phi) is 3.10. The molecule has 1 atom stereocenters. The third-order valence-corrected chi connectivity index (χ3v) is 2.08. The van der Waals surface area contributed by atoms with E-state index in [0.717, 1.165) is 6.61 Å². The highest BCUT2D eigenvalue weighted by atomic mass is 16.6. The van der Waals surface area contributed by atoms with Crippen LogP contribution in [0.2, 0.25) is 0 Å². The van der Waals surface area contributed by atoms with Crippen molar-refractivity contribution in [2.75, 3.05) is 19.8 Å². The maximum absolute atomic E-state index is 5.31. The molecule has 1 heterocycles. The SMILES string of the molecule is C#CCONC1COCC1(C)C. The molecule has 3 nitrogen and oxygen atoms in total. The minimum absolute atomic E-state index is 0.134. The van der Waals surface area contributed by atoms with Crippen molar-refractivity contribution in [3.63, 3.8) is 0 Å².